The Hall–Kier alpha value is -0.520. The number of hydrazine groups is 1. The van der Waals surface area contributed by atoms with Crippen LogP contribution < -0.4 is 11.3 Å². The van der Waals surface area contributed by atoms with Gasteiger partial charge in [0.1, 0.15) is 11.6 Å². The first kappa shape index (κ1) is 13.5. The molecule has 0 aromatic heterocycles. The molecule has 1 unspecified atom stereocenters. The summed E-state index contributed by atoms with van der Waals surface area (Å²) in [6.45, 7) is 5.58. The summed E-state index contributed by atoms with van der Waals surface area (Å²) < 4.78 is 27.7. The first-order chi connectivity index (χ1) is 7.29. The van der Waals surface area contributed by atoms with Crippen molar-refractivity contribution in [1.29, 1.82) is 0 Å². The van der Waals surface area contributed by atoms with Gasteiger partial charge in [-0.3, -0.25) is 11.3 Å². The molecule has 2 nitrogen and oxygen atoms in total. The fourth-order valence-corrected chi connectivity index (χ4v) is 1.92. The Bertz CT molecular complexity index is 388. The van der Waals surface area contributed by atoms with Gasteiger partial charge in [-0.1, -0.05) is 20.8 Å². The molecule has 0 bridgehead atoms. The van der Waals surface area contributed by atoms with E-state index in [9.17, 15) is 8.78 Å². The topological polar surface area (TPSA) is 38.0 Å². The van der Waals surface area contributed by atoms with E-state index in [1.54, 1.807) is 0 Å². The van der Waals surface area contributed by atoms with Gasteiger partial charge in [0.15, 0.2) is 0 Å². The zero-order valence-corrected chi connectivity index (χ0v) is 11.0. The maximum Gasteiger partial charge on any atom is 0.145 e. The van der Waals surface area contributed by atoms with E-state index in [1.165, 1.54) is 12.1 Å². The SMILES string of the molecule is CC(C)(C)C(NN)c1c(F)ccc(Br)c1F. The summed E-state index contributed by atoms with van der Waals surface area (Å²) in [5.74, 6) is 4.17. The lowest BCUT2D eigenvalue weighted by Crippen LogP contribution is -2.38. The minimum atomic E-state index is -0.613. The summed E-state index contributed by atoms with van der Waals surface area (Å²) in [6, 6.07) is 1.97. The molecule has 0 saturated heterocycles. The molecule has 0 spiro atoms. The molecular weight excluding hydrogens is 278 g/mol. The monoisotopic (exact) mass is 292 g/mol. The number of rotatable bonds is 2. The number of benzene rings is 1. The zero-order chi connectivity index (χ0) is 12.5. The summed E-state index contributed by atoms with van der Waals surface area (Å²) in [6.07, 6.45) is 0. The highest BCUT2D eigenvalue weighted by Crippen LogP contribution is 2.36. The second-order valence-electron chi connectivity index (χ2n) is 4.72. The fraction of sp³-hybridized carbons (Fsp3) is 0.455. The molecule has 0 fully saturated rings. The highest BCUT2D eigenvalue weighted by molar-refractivity contribution is 9.10. The van der Waals surface area contributed by atoms with Crippen molar-refractivity contribution in [3.8, 4) is 0 Å². The lowest BCUT2D eigenvalue weighted by atomic mass is 9.82. The molecule has 0 saturated carbocycles. The smallest absolute Gasteiger partial charge is 0.145 e. The standard InChI is InChI=1S/C11H15BrF2N2/c1-11(2,3)10(16-15)8-7(13)5-4-6(12)9(8)14/h4-5,10,16H,15H2,1-3H3. The summed E-state index contributed by atoms with van der Waals surface area (Å²) in [5, 5.41) is 0. The van der Waals surface area contributed by atoms with Gasteiger partial charge in [-0.2, -0.15) is 0 Å². The Morgan fingerprint density at radius 3 is 2.31 bits per heavy atom. The molecule has 0 aliphatic heterocycles. The zero-order valence-electron chi connectivity index (χ0n) is 9.44. The van der Waals surface area contributed by atoms with Gasteiger partial charge in [0.05, 0.1) is 10.5 Å². The summed E-state index contributed by atoms with van der Waals surface area (Å²) in [7, 11) is 0. The van der Waals surface area contributed by atoms with E-state index >= 15 is 0 Å². The van der Waals surface area contributed by atoms with E-state index in [1.807, 2.05) is 20.8 Å². The van der Waals surface area contributed by atoms with Gasteiger partial charge in [-0.05, 0) is 33.5 Å². The second-order valence-corrected chi connectivity index (χ2v) is 5.58. The third kappa shape index (κ3) is 2.59. The molecule has 0 aliphatic rings. The van der Waals surface area contributed by atoms with E-state index in [0.29, 0.717) is 0 Å². The number of nitrogens with two attached hydrogens (primary N) is 1. The highest BCUT2D eigenvalue weighted by Gasteiger charge is 2.30. The van der Waals surface area contributed by atoms with Crippen LogP contribution in [0.25, 0.3) is 0 Å². The van der Waals surface area contributed by atoms with E-state index < -0.39 is 23.1 Å². The van der Waals surface area contributed by atoms with Crippen LogP contribution in [0.4, 0.5) is 8.78 Å². The Morgan fingerprint density at radius 2 is 1.88 bits per heavy atom. The van der Waals surface area contributed by atoms with Gasteiger partial charge in [0.25, 0.3) is 0 Å². The van der Waals surface area contributed by atoms with Crippen LogP contribution in [-0.4, -0.2) is 0 Å². The summed E-state index contributed by atoms with van der Waals surface area (Å²) in [5.41, 5.74) is 2.04. The van der Waals surface area contributed by atoms with Gasteiger partial charge in [-0.15, -0.1) is 0 Å². The van der Waals surface area contributed by atoms with Crippen molar-refractivity contribution in [2.24, 2.45) is 11.3 Å². The van der Waals surface area contributed by atoms with Crippen molar-refractivity contribution < 1.29 is 8.78 Å². The fourth-order valence-electron chi connectivity index (χ4n) is 1.57. The summed E-state index contributed by atoms with van der Waals surface area (Å²) >= 11 is 3.03. The van der Waals surface area contributed by atoms with Crippen molar-refractivity contribution >= 4 is 15.9 Å². The average molecular weight is 293 g/mol. The van der Waals surface area contributed by atoms with Crippen LogP contribution in [0.5, 0.6) is 0 Å². The van der Waals surface area contributed by atoms with Gasteiger partial charge in [0, 0.05) is 5.56 Å². The predicted molar refractivity (Wildman–Crippen MR) is 63.6 cm³/mol. The van der Waals surface area contributed by atoms with Crippen molar-refractivity contribution in [2.45, 2.75) is 26.8 Å². The second kappa shape index (κ2) is 4.77. The summed E-state index contributed by atoms with van der Waals surface area (Å²) in [4.78, 5) is 0. The Morgan fingerprint density at radius 1 is 1.31 bits per heavy atom. The Balaban J connectivity index is 3.36. The highest BCUT2D eigenvalue weighted by atomic mass is 79.9. The average Bonchev–Trinajstić information content (AvgIpc) is 2.16. The Labute approximate surface area is 102 Å². The lowest BCUT2D eigenvalue weighted by Gasteiger charge is -2.31. The normalized spacial score (nSPS) is 13.9. The first-order valence-corrected chi connectivity index (χ1v) is 5.68. The van der Waals surface area contributed by atoms with Gasteiger partial charge in [0.2, 0.25) is 0 Å². The van der Waals surface area contributed by atoms with Gasteiger partial charge < -0.3 is 0 Å². The number of nitrogens with one attached hydrogen (secondary N) is 1. The number of hydrogen-bond donors (Lipinski definition) is 2. The van der Waals surface area contributed by atoms with E-state index in [0.717, 1.165) is 0 Å². The van der Waals surface area contributed by atoms with Gasteiger partial charge >= 0.3 is 0 Å². The van der Waals surface area contributed by atoms with Crippen LogP contribution >= 0.6 is 15.9 Å². The molecule has 1 rings (SSSR count). The van der Waals surface area contributed by atoms with Crippen molar-refractivity contribution in [2.75, 3.05) is 0 Å². The molecule has 3 N–H and O–H groups in total. The molecule has 0 heterocycles. The van der Waals surface area contributed by atoms with Crippen LogP contribution in [0.2, 0.25) is 0 Å². The predicted octanol–water partition coefficient (Wildman–Crippen LogP) is 3.28. The van der Waals surface area contributed by atoms with E-state index in [4.69, 9.17) is 5.84 Å². The molecule has 5 heteroatoms. The van der Waals surface area contributed by atoms with Gasteiger partial charge in [-0.25, -0.2) is 8.78 Å². The van der Waals surface area contributed by atoms with E-state index in [2.05, 4.69) is 21.4 Å². The molecule has 0 amide bonds. The molecule has 1 aromatic rings. The molecule has 16 heavy (non-hydrogen) atoms. The molecule has 90 valence electrons. The third-order valence-electron chi connectivity index (χ3n) is 2.40. The van der Waals surface area contributed by atoms with Crippen molar-refractivity contribution in [3.63, 3.8) is 0 Å². The molecule has 0 radical (unpaired) electrons. The third-order valence-corrected chi connectivity index (χ3v) is 3.01. The van der Waals surface area contributed by atoms with Crippen LogP contribution in [0.15, 0.2) is 16.6 Å². The first-order valence-electron chi connectivity index (χ1n) is 4.88. The minimum absolute atomic E-state index is 0.0376. The lowest BCUT2D eigenvalue weighted by molar-refractivity contribution is 0.261. The number of hydrogen-bond acceptors (Lipinski definition) is 2. The van der Waals surface area contributed by atoms with Crippen LogP contribution in [-0.2, 0) is 0 Å². The van der Waals surface area contributed by atoms with Crippen LogP contribution in [0.1, 0.15) is 32.4 Å². The van der Waals surface area contributed by atoms with Crippen LogP contribution in [0.3, 0.4) is 0 Å². The molecule has 1 atom stereocenters. The molecular formula is C11H15BrF2N2. The van der Waals surface area contributed by atoms with E-state index in [-0.39, 0.29) is 10.0 Å². The Kier molecular flexibility index (Phi) is 4.04. The largest absolute Gasteiger partial charge is 0.271 e. The minimum Gasteiger partial charge on any atom is -0.271 e. The number of halogens is 3. The van der Waals surface area contributed by atoms with Crippen LogP contribution in [0, 0.1) is 17.0 Å². The maximum absolute atomic E-state index is 13.8. The maximum atomic E-state index is 13.8. The van der Waals surface area contributed by atoms with Crippen molar-refractivity contribution in [1.82, 2.24) is 5.43 Å². The van der Waals surface area contributed by atoms with Crippen molar-refractivity contribution in [3.05, 3.63) is 33.8 Å². The molecule has 0 aliphatic carbocycles. The quantitative estimate of drug-likeness (QED) is 0.499. The molecule has 1 aromatic carbocycles.